The smallest absolute Gasteiger partial charge is 0.00756 e. The molecular formula is C20H33N. The molecular weight excluding hydrogens is 254 g/mol. The first-order chi connectivity index (χ1) is 10.1. The van der Waals surface area contributed by atoms with Crippen molar-refractivity contribution < 1.29 is 0 Å². The molecule has 0 bridgehead atoms. The lowest BCUT2D eigenvalue weighted by molar-refractivity contribution is 0.0193. The molecule has 0 N–H and O–H groups in total. The lowest BCUT2D eigenvalue weighted by atomic mass is 9.57. The Morgan fingerprint density at radius 3 is 2.38 bits per heavy atom. The highest BCUT2D eigenvalue weighted by Crippen LogP contribution is 2.49. The molecule has 1 aromatic rings. The second kappa shape index (κ2) is 6.96. The Labute approximate surface area is 131 Å². The third kappa shape index (κ3) is 3.04. The molecule has 1 heteroatoms. The van der Waals surface area contributed by atoms with E-state index in [0.717, 1.165) is 5.92 Å². The predicted octanol–water partition coefficient (Wildman–Crippen LogP) is 5.11. The van der Waals surface area contributed by atoms with Crippen molar-refractivity contribution in [1.82, 2.24) is 4.90 Å². The van der Waals surface area contributed by atoms with Gasteiger partial charge in [-0.1, -0.05) is 64.4 Å². The molecule has 0 saturated carbocycles. The number of nitrogens with zero attached hydrogens (tertiary/aromatic N) is 1. The van der Waals surface area contributed by atoms with Crippen molar-refractivity contribution in [3.8, 4) is 0 Å². The van der Waals surface area contributed by atoms with Gasteiger partial charge in [0.1, 0.15) is 0 Å². The van der Waals surface area contributed by atoms with Gasteiger partial charge in [0, 0.05) is 18.0 Å². The minimum Gasteiger partial charge on any atom is -0.301 e. The average molecular weight is 287 g/mol. The van der Waals surface area contributed by atoms with Gasteiger partial charge in [-0.3, -0.25) is 0 Å². The van der Waals surface area contributed by atoms with Gasteiger partial charge in [0.05, 0.1) is 0 Å². The van der Waals surface area contributed by atoms with Gasteiger partial charge in [-0.05, 0) is 43.7 Å². The number of rotatable bonds is 5. The monoisotopic (exact) mass is 287 g/mol. The fraction of sp³-hybridized carbons (Fsp3) is 0.700. The van der Waals surface area contributed by atoms with Gasteiger partial charge < -0.3 is 4.90 Å². The van der Waals surface area contributed by atoms with Gasteiger partial charge in [0.2, 0.25) is 0 Å². The molecule has 1 heterocycles. The van der Waals surface area contributed by atoms with E-state index in [2.05, 4.69) is 69.9 Å². The van der Waals surface area contributed by atoms with Crippen LogP contribution in [0.15, 0.2) is 30.3 Å². The van der Waals surface area contributed by atoms with Crippen LogP contribution in [0.1, 0.15) is 59.4 Å². The Morgan fingerprint density at radius 2 is 1.86 bits per heavy atom. The summed E-state index contributed by atoms with van der Waals surface area (Å²) in [5.74, 6) is 1.47. The number of hydrogen-bond acceptors (Lipinski definition) is 1. The molecule has 0 amide bonds. The lowest BCUT2D eigenvalue weighted by Gasteiger charge is -2.54. The summed E-state index contributed by atoms with van der Waals surface area (Å²) in [5, 5.41) is 0. The fourth-order valence-electron chi connectivity index (χ4n) is 4.69. The topological polar surface area (TPSA) is 3.24 Å². The summed E-state index contributed by atoms with van der Waals surface area (Å²) >= 11 is 0. The zero-order valence-electron chi connectivity index (χ0n) is 14.6. The molecule has 1 aliphatic heterocycles. The van der Waals surface area contributed by atoms with E-state index in [1.807, 2.05) is 0 Å². The maximum absolute atomic E-state index is 2.68. The summed E-state index contributed by atoms with van der Waals surface area (Å²) < 4.78 is 0. The van der Waals surface area contributed by atoms with Crippen LogP contribution >= 0.6 is 0 Å². The van der Waals surface area contributed by atoms with Crippen LogP contribution in [0.5, 0.6) is 0 Å². The minimum absolute atomic E-state index is 0.350. The standard InChI is InChI=1S/C20H33N/c1-6-11-19-15-21(7-2)17(5)14-20(19,16(3)4)18-12-9-8-10-13-18/h8-10,12-13,16-17,19H,6-7,11,14-15H2,1-5H3. The summed E-state index contributed by atoms with van der Waals surface area (Å²) in [4.78, 5) is 2.68. The largest absolute Gasteiger partial charge is 0.301 e. The van der Waals surface area contributed by atoms with E-state index in [9.17, 15) is 0 Å². The molecule has 1 nitrogen and oxygen atoms in total. The Kier molecular flexibility index (Phi) is 5.48. The highest BCUT2D eigenvalue weighted by atomic mass is 15.2. The van der Waals surface area contributed by atoms with E-state index < -0.39 is 0 Å². The van der Waals surface area contributed by atoms with Crippen molar-refractivity contribution in [2.45, 2.75) is 65.3 Å². The molecule has 3 unspecified atom stereocenters. The molecule has 1 aromatic carbocycles. The maximum Gasteiger partial charge on any atom is 0.00756 e. The summed E-state index contributed by atoms with van der Waals surface area (Å²) in [6.07, 6.45) is 3.93. The molecule has 0 spiro atoms. The second-order valence-electron chi connectivity index (χ2n) is 7.19. The fourth-order valence-corrected chi connectivity index (χ4v) is 4.69. The van der Waals surface area contributed by atoms with Crippen molar-refractivity contribution in [3.63, 3.8) is 0 Å². The summed E-state index contributed by atoms with van der Waals surface area (Å²) in [5.41, 5.74) is 1.92. The summed E-state index contributed by atoms with van der Waals surface area (Å²) in [6, 6.07) is 12.0. The van der Waals surface area contributed by atoms with Gasteiger partial charge in [0.15, 0.2) is 0 Å². The quantitative estimate of drug-likeness (QED) is 0.727. The van der Waals surface area contributed by atoms with Crippen molar-refractivity contribution in [3.05, 3.63) is 35.9 Å². The molecule has 1 saturated heterocycles. The van der Waals surface area contributed by atoms with Crippen LogP contribution in [0.4, 0.5) is 0 Å². The number of benzene rings is 1. The van der Waals surface area contributed by atoms with Crippen molar-refractivity contribution in [1.29, 1.82) is 0 Å². The van der Waals surface area contributed by atoms with E-state index in [1.54, 1.807) is 5.56 Å². The summed E-state index contributed by atoms with van der Waals surface area (Å²) in [6.45, 7) is 14.4. The van der Waals surface area contributed by atoms with E-state index in [4.69, 9.17) is 0 Å². The Morgan fingerprint density at radius 1 is 1.19 bits per heavy atom. The molecule has 0 aliphatic carbocycles. The zero-order chi connectivity index (χ0) is 15.5. The van der Waals surface area contributed by atoms with Crippen LogP contribution in [0, 0.1) is 11.8 Å². The van der Waals surface area contributed by atoms with Gasteiger partial charge >= 0.3 is 0 Å². The van der Waals surface area contributed by atoms with E-state index >= 15 is 0 Å². The average Bonchev–Trinajstić information content (AvgIpc) is 2.49. The van der Waals surface area contributed by atoms with Crippen molar-refractivity contribution in [2.75, 3.05) is 13.1 Å². The van der Waals surface area contributed by atoms with Gasteiger partial charge in [-0.25, -0.2) is 0 Å². The molecule has 1 fully saturated rings. The lowest BCUT2D eigenvalue weighted by Crippen LogP contribution is -2.56. The van der Waals surface area contributed by atoms with Crippen LogP contribution in [0.2, 0.25) is 0 Å². The first-order valence-electron chi connectivity index (χ1n) is 8.85. The first kappa shape index (κ1) is 16.5. The molecule has 0 radical (unpaired) electrons. The van der Waals surface area contributed by atoms with E-state index in [1.165, 1.54) is 32.4 Å². The Hall–Kier alpha value is -0.820. The SMILES string of the molecule is CCCC1CN(CC)C(C)CC1(c1ccccc1)C(C)C. The van der Waals surface area contributed by atoms with Crippen molar-refractivity contribution >= 4 is 0 Å². The van der Waals surface area contributed by atoms with Gasteiger partial charge in [0.25, 0.3) is 0 Å². The summed E-state index contributed by atoms with van der Waals surface area (Å²) in [7, 11) is 0. The van der Waals surface area contributed by atoms with Crippen LogP contribution in [0.3, 0.4) is 0 Å². The predicted molar refractivity (Wildman–Crippen MR) is 92.7 cm³/mol. The van der Waals surface area contributed by atoms with Crippen molar-refractivity contribution in [2.24, 2.45) is 11.8 Å². The first-order valence-corrected chi connectivity index (χ1v) is 8.85. The molecule has 0 aromatic heterocycles. The Bertz CT molecular complexity index is 425. The second-order valence-corrected chi connectivity index (χ2v) is 7.19. The van der Waals surface area contributed by atoms with Gasteiger partial charge in [-0.15, -0.1) is 0 Å². The molecule has 3 atom stereocenters. The van der Waals surface area contributed by atoms with Gasteiger partial charge in [-0.2, -0.15) is 0 Å². The van der Waals surface area contributed by atoms with Crippen LogP contribution in [-0.4, -0.2) is 24.0 Å². The zero-order valence-corrected chi connectivity index (χ0v) is 14.6. The number of hydrogen-bond donors (Lipinski definition) is 0. The molecule has 21 heavy (non-hydrogen) atoms. The third-order valence-corrected chi connectivity index (χ3v) is 5.82. The van der Waals surface area contributed by atoms with Crippen LogP contribution < -0.4 is 0 Å². The number of piperidine rings is 1. The number of likely N-dealkylation sites (tertiary alicyclic amines) is 1. The third-order valence-electron chi connectivity index (χ3n) is 5.82. The van der Waals surface area contributed by atoms with E-state index in [-0.39, 0.29) is 0 Å². The molecule has 1 aliphatic rings. The maximum atomic E-state index is 2.68. The van der Waals surface area contributed by atoms with E-state index in [0.29, 0.717) is 17.4 Å². The highest BCUT2D eigenvalue weighted by Gasteiger charge is 2.47. The normalized spacial score (nSPS) is 30.8. The van der Waals surface area contributed by atoms with Crippen LogP contribution in [0.25, 0.3) is 0 Å². The molecule has 118 valence electrons. The Balaban J connectivity index is 2.45. The molecule has 2 rings (SSSR count). The highest BCUT2D eigenvalue weighted by molar-refractivity contribution is 5.29. The minimum atomic E-state index is 0.350. The van der Waals surface area contributed by atoms with Crippen LogP contribution in [-0.2, 0) is 5.41 Å².